The number of amides is 2. The molecule has 1 aromatic heterocycles. The molecule has 0 bridgehead atoms. The highest BCUT2D eigenvalue weighted by Gasteiger charge is 2.40. The average Bonchev–Trinajstić information content (AvgIpc) is 3.34. The van der Waals surface area contributed by atoms with Crippen molar-refractivity contribution in [3.05, 3.63) is 83.0 Å². The quantitative estimate of drug-likeness (QED) is 0.517. The molecule has 36 heavy (non-hydrogen) atoms. The van der Waals surface area contributed by atoms with Crippen molar-refractivity contribution in [2.75, 3.05) is 14.1 Å². The SMILES string of the molecule is CC1CCC(c2ccccc2)S(=O)(=O)N1Cc1ccc(C(=O)NCc2noc(C(=O)N(C)C)n2)cc1. The van der Waals surface area contributed by atoms with Gasteiger partial charge in [-0.15, -0.1) is 0 Å². The lowest BCUT2D eigenvalue weighted by atomic mass is 10.0. The minimum Gasteiger partial charge on any atom is -0.345 e. The number of sulfonamides is 1. The molecule has 3 aromatic rings. The van der Waals surface area contributed by atoms with E-state index in [1.807, 2.05) is 37.3 Å². The van der Waals surface area contributed by atoms with Crippen LogP contribution in [-0.4, -0.2) is 59.7 Å². The Hall–Kier alpha value is -3.57. The average molecular weight is 512 g/mol. The highest BCUT2D eigenvalue weighted by molar-refractivity contribution is 7.89. The number of hydrogen-bond acceptors (Lipinski definition) is 7. The van der Waals surface area contributed by atoms with Crippen LogP contribution >= 0.6 is 0 Å². The molecule has 2 unspecified atom stereocenters. The molecular weight excluding hydrogens is 482 g/mol. The molecule has 2 atom stereocenters. The van der Waals surface area contributed by atoms with Crippen LogP contribution in [0.2, 0.25) is 0 Å². The van der Waals surface area contributed by atoms with E-state index in [1.165, 1.54) is 4.90 Å². The van der Waals surface area contributed by atoms with Crippen LogP contribution in [0.5, 0.6) is 0 Å². The highest BCUT2D eigenvalue weighted by atomic mass is 32.2. The summed E-state index contributed by atoms with van der Waals surface area (Å²) in [6, 6.07) is 16.0. The maximum absolute atomic E-state index is 13.4. The molecule has 10 nitrogen and oxygen atoms in total. The molecule has 0 aliphatic carbocycles. The fourth-order valence-corrected chi connectivity index (χ4v) is 6.36. The molecule has 1 aliphatic rings. The largest absolute Gasteiger partial charge is 0.345 e. The number of nitrogens with one attached hydrogen (secondary N) is 1. The summed E-state index contributed by atoms with van der Waals surface area (Å²) >= 11 is 0. The van der Waals surface area contributed by atoms with Gasteiger partial charge in [-0.25, -0.2) is 8.42 Å². The second-order valence-electron chi connectivity index (χ2n) is 9.01. The first kappa shape index (κ1) is 25.5. The van der Waals surface area contributed by atoms with Gasteiger partial charge >= 0.3 is 11.8 Å². The molecule has 0 saturated carbocycles. The van der Waals surface area contributed by atoms with Gasteiger partial charge in [0.15, 0.2) is 5.82 Å². The molecule has 2 amide bonds. The first-order valence-corrected chi connectivity index (χ1v) is 13.1. The normalized spacial score (nSPS) is 19.5. The summed E-state index contributed by atoms with van der Waals surface area (Å²) in [5.74, 6) is -0.738. The number of carbonyl (C=O) groups excluding carboxylic acids is 2. The summed E-state index contributed by atoms with van der Waals surface area (Å²) in [5.41, 5.74) is 2.01. The van der Waals surface area contributed by atoms with Gasteiger partial charge in [0.2, 0.25) is 10.0 Å². The van der Waals surface area contributed by atoms with E-state index in [-0.39, 0.29) is 36.8 Å². The molecule has 11 heteroatoms. The van der Waals surface area contributed by atoms with Crippen molar-refractivity contribution in [2.24, 2.45) is 0 Å². The lowest BCUT2D eigenvalue weighted by Crippen LogP contribution is -2.44. The summed E-state index contributed by atoms with van der Waals surface area (Å²) < 4.78 is 33.3. The molecule has 1 N–H and O–H groups in total. The first-order chi connectivity index (χ1) is 17.2. The van der Waals surface area contributed by atoms with Crippen LogP contribution in [0, 0.1) is 0 Å². The van der Waals surface area contributed by atoms with Crippen molar-refractivity contribution in [3.63, 3.8) is 0 Å². The molecule has 0 radical (unpaired) electrons. The number of carbonyl (C=O) groups is 2. The molecule has 1 aliphatic heterocycles. The van der Waals surface area contributed by atoms with Gasteiger partial charge in [0.1, 0.15) is 5.25 Å². The van der Waals surface area contributed by atoms with E-state index in [2.05, 4.69) is 15.5 Å². The first-order valence-electron chi connectivity index (χ1n) is 11.6. The molecule has 2 aromatic carbocycles. The maximum atomic E-state index is 13.4. The Balaban J connectivity index is 1.39. The van der Waals surface area contributed by atoms with Crippen molar-refractivity contribution < 1.29 is 22.5 Å². The van der Waals surface area contributed by atoms with Crippen LogP contribution in [0.15, 0.2) is 59.1 Å². The number of hydrogen-bond donors (Lipinski definition) is 1. The second-order valence-corrected chi connectivity index (χ2v) is 11.1. The lowest BCUT2D eigenvalue weighted by Gasteiger charge is -2.37. The Morgan fingerprint density at radius 2 is 1.78 bits per heavy atom. The Labute approximate surface area is 210 Å². The van der Waals surface area contributed by atoms with Crippen molar-refractivity contribution in [1.29, 1.82) is 0 Å². The fourth-order valence-electron chi connectivity index (χ4n) is 4.16. The van der Waals surface area contributed by atoms with Crippen LogP contribution in [-0.2, 0) is 23.1 Å². The minimum absolute atomic E-state index is 0.00476. The van der Waals surface area contributed by atoms with E-state index in [4.69, 9.17) is 4.52 Å². The predicted molar refractivity (Wildman–Crippen MR) is 132 cm³/mol. The molecule has 1 saturated heterocycles. The summed E-state index contributed by atoms with van der Waals surface area (Å²) in [7, 11) is -0.396. The van der Waals surface area contributed by atoms with Gasteiger partial charge in [0, 0.05) is 32.2 Å². The van der Waals surface area contributed by atoms with Gasteiger partial charge in [-0.2, -0.15) is 9.29 Å². The fraction of sp³-hybridized carbons (Fsp3) is 0.360. The molecule has 4 rings (SSSR count). The zero-order chi connectivity index (χ0) is 25.9. The monoisotopic (exact) mass is 511 g/mol. The summed E-state index contributed by atoms with van der Waals surface area (Å²) in [6.07, 6.45) is 1.37. The van der Waals surface area contributed by atoms with Crippen LogP contribution in [0.4, 0.5) is 0 Å². The van der Waals surface area contributed by atoms with Crippen molar-refractivity contribution >= 4 is 21.8 Å². The topological polar surface area (TPSA) is 126 Å². The third-order valence-electron chi connectivity index (χ3n) is 6.21. The second kappa shape index (κ2) is 10.6. The van der Waals surface area contributed by atoms with E-state index in [1.54, 1.807) is 42.7 Å². The van der Waals surface area contributed by atoms with Crippen LogP contribution < -0.4 is 5.32 Å². The Morgan fingerprint density at radius 1 is 1.08 bits per heavy atom. The number of aromatic nitrogens is 2. The Morgan fingerprint density at radius 3 is 2.44 bits per heavy atom. The molecule has 0 spiro atoms. The van der Waals surface area contributed by atoms with E-state index >= 15 is 0 Å². The van der Waals surface area contributed by atoms with E-state index < -0.39 is 21.2 Å². The van der Waals surface area contributed by atoms with Gasteiger partial charge in [-0.3, -0.25) is 9.59 Å². The van der Waals surface area contributed by atoms with Crippen molar-refractivity contribution in [3.8, 4) is 0 Å². The molecular formula is C25H29N5O5S. The van der Waals surface area contributed by atoms with Gasteiger partial charge in [-0.05, 0) is 43.0 Å². The summed E-state index contributed by atoms with van der Waals surface area (Å²) in [6.45, 7) is 2.16. The third-order valence-corrected chi connectivity index (χ3v) is 8.58. The summed E-state index contributed by atoms with van der Waals surface area (Å²) in [4.78, 5) is 29.7. The third kappa shape index (κ3) is 5.47. The highest BCUT2D eigenvalue weighted by Crippen LogP contribution is 2.38. The van der Waals surface area contributed by atoms with E-state index in [0.717, 1.165) is 17.5 Å². The molecule has 2 heterocycles. The zero-order valence-corrected chi connectivity index (χ0v) is 21.2. The maximum Gasteiger partial charge on any atom is 0.316 e. The molecule has 190 valence electrons. The Kier molecular flexibility index (Phi) is 7.51. The van der Waals surface area contributed by atoms with Gasteiger partial charge in [0.05, 0.1) is 6.54 Å². The van der Waals surface area contributed by atoms with Crippen molar-refractivity contribution in [2.45, 2.75) is 44.1 Å². The zero-order valence-electron chi connectivity index (χ0n) is 20.4. The van der Waals surface area contributed by atoms with Gasteiger partial charge < -0.3 is 14.7 Å². The standard InChI is InChI=1S/C25H29N5O5S/c1-17-9-14-21(19-7-5-4-6-8-19)36(33,34)30(17)16-18-10-12-20(13-11-18)23(31)26-15-22-27-24(35-28-22)25(32)29(2)3/h4-8,10-13,17,21H,9,14-16H2,1-3H3,(H,26,31). The lowest BCUT2D eigenvalue weighted by molar-refractivity contribution is 0.0778. The van der Waals surface area contributed by atoms with Crippen LogP contribution in [0.25, 0.3) is 0 Å². The van der Waals surface area contributed by atoms with E-state index in [9.17, 15) is 18.0 Å². The van der Waals surface area contributed by atoms with Gasteiger partial charge in [-0.1, -0.05) is 47.6 Å². The summed E-state index contributed by atoms with van der Waals surface area (Å²) in [5, 5.41) is 5.83. The predicted octanol–water partition coefficient (Wildman–Crippen LogP) is 2.76. The number of nitrogens with zero attached hydrogens (tertiary/aromatic N) is 4. The van der Waals surface area contributed by atoms with Crippen LogP contribution in [0.1, 0.15) is 63.0 Å². The Bertz CT molecular complexity index is 1320. The minimum atomic E-state index is -3.54. The number of benzene rings is 2. The molecule has 1 fully saturated rings. The van der Waals surface area contributed by atoms with E-state index in [0.29, 0.717) is 12.0 Å². The number of rotatable bonds is 7. The smallest absolute Gasteiger partial charge is 0.316 e. The van der Waals surface area contributed by atoms with Gasteiger partial charge in [0.25, 0.3) is 5.91 Å². The van der Waals surface area contributed by atoms with Crippen molar-refractivity contribution in [1.82, 2.24) is 24.7 Å². The van der Waals surface area contributed by atoms with Crippen LogP contribution in [0.3, 0.4) is 0 Å².